The maximum absolute atomic E-state index is 13.0. The zero-order chi connectivity index (χ0) is 14.5. The number of halogens is 2. The average molecular weight is 283 g/mol. The van der Waals surface area contributed by atoms with Crippen LogP contribution in [0, 0.1) is 11.6 Å². The Morgan fingerprint density at radius 2 is 2.05 bits per heavy atom. The third kappa shape index (κ3) is 4.35. The highest BCUT2D eigenvalue weighted by molar-refractivity contribution is 5.96. The van der Waals surface area contributed by atoms with Crippen LogP contribution in [0.3, 0.4) is 0 Å². The first kappa shape index (κ1) is 15.1. The number of benzene rings is 1. The summed E-state index contributed by atoms with van der Waals surface area (Å²) in [5.41, 5.74) is 0.0908. The average Bonchev–Trinajstić information content (AvgIpc) is 2.87. The topological polar surface area (TPSA) is 29.5 Å². The lowest BCUT2D eigenvalue weighted by atomic mass is 10.1. The number of rotatable bonds is 6. The molecule has 1 aliphatic heterocycles. The molecule has 1 aromatic carbocycles. The van der Waals surface area contributed by atoms with Crippen LogP contribution < -0.4 is 0 Å². The van der Waals surface area contributed by atoms with E-state index in [1.807, 2.05) is 11.9 Å². The molecule has 0 saturated carbocycles. The molecule has 0 aromatic heterocycles. The van der Waals surface area contributed by atoms with E-state index in [0.29, 0.717) is 6.54 Å². The standard InChI is InChI=1S/C15H19F2NO2/c1-18(10-14-3-2-6-20-14)5-4-15(19)11-7-12(16)9-13(17)8-11/h7-9,14H,2-6,10H2,1H3. The fourth-order valence-corrected chi connectivity index (χ4v) is 2.38. The highest BCUT2D eigenvalue weighted by Gasteiger charge is 2.18. The summed E-state index contributed by atoms with van der Waals surface area (Å²) in [6, 6.07) is 2.91. The maximum Gasteiger partial charge on any atom is 0.164 e. The smallest absolute Gasteiger partial charge is 0.164 e. The molecule has 1 saturated heterocycles. The van der Waals surface area contributed by atoms with Gasteiger partial charge in [0.05, 0.1) is 6.10 Å². The Hall–Kier alpha value is -1.33. The molecule has 3 nitrogen and oxygen atoms in total. The fraction of sp³-hybridized carbons (Fsp3) is 0.533. The molecule has 20 heavy (non-hydrogen) atoms. The number of carbonyl (C=O) groups is 1. The quantitative estimate of drug-likeness (QED) is 0.752. The van der Waals surface area contributed by atoms with E-state index < -0.39 is 11.6 Å². The molecule has 1 atom stereocenters. The monoisotopic (exact) mass is 283 g/mol. The number of hydrogen-bond acceptors (Lipinski definition) is 3. The first-order chi connectivity index (χ1) is 9.54. The predicted molar refractivity (Wildman–Crippen MR) is 71.8 cm³/mol. The summed E-state index contributed by atoms with van der Waals surface area (Å²) in [4.78, 5) is 13.9. The number of ketones is 1. The van der Waals surface area contributed by atoms with E-state index in [9.17, 15) is 13.6 Å². The van der Waals surface area contributed by atoms with Crippen molar-refractivity contribution in [2.45, 2.75) is 25.4 Å². The molecule has 110 valence electrons. The minimum absolute atomic E-state index is 0.0908. The molecule has 0 spiro atoms. The second-order valence-corrected chi connectivity index (χ2v) is 5.23. The number of carbonyl (C=O) groups excluding carboxylic acids is 1. The van der Waals surface area contributed by atoms with Crippen molar-refractivity contribution in [3.05, 3.63) is 35.4 Å². The minimum atomic E-state index is -0.721. The molecule has 0 aliphatic carbocycles. The van der Waals surface area contributed by atoms with Crippen LogP contribution in [0.1, 0.15) is 29.6 Å². The minimum Gasteiger partial charge on any atom is -0.377 e. The Morgan fingerprint density at radius 3 is 2.65 bits per heavy atom. The van der Waals surface area contributed by atoms with E-state index in [1.165, 1.54) is 0 Å². The summed E-state index contributed by atoms with van der Waals surface area (Å²) < 4.78 is 31.6. The van der Waals surface area contributed by atoms with Crippen LogP contribution in [-0.2, 0) is 4.74 Å². The first-order valence-corrected chi connectivity index (χ1v) is 6.84. The van der Waals surface area contributed by atoms with Gasteiger partial charge in [-0.15, -0.1) is 0 Å². The van der Waals surface area contributed by atoms with E-state index >= 15 is 0 Å². The molecule has 1 heterocycles. The number of hydrogen-bond donors (Lipinski definition) is 0. The highest BCUT2D eigenvalue weighted by atomic mass is 19.1. The van der Waals surface area contributed by atoms with Crippen LogP contribution in [0.15, 0.2) is 18.2 Å². The molecule has 1 fully saturated rings. The number of likely N-dealkylation sites (N-methyl/N-ethyl adjacent to an activating group) is 1. The van der Waals surface area contributed by atoms with Gasteiger partial charge < -0.3 is 9.64 Å². The van der Waals surface area contributed by atoms with Gasteiger partial charge in [0.1, 0.15) is 11.6 Å². The van der Waals surface area contributed by atoms with Crippen molar-refractivity contribution in [2.75, 3.05) is 26.7 Å². The lowest BCUT2D eigenvalue weighted by molar-refractivity contribution is 0.0778. The third-order valence-electron chi connectivity index (χ3n) is 3.44. The van der Waals surface area contributed by atoms with Crippen LogP contribution in [-0.4, -0.2) is 43.5 Å². The SMILES string of the molecule is CN(CCC(=O)c1cc(F)cc(F)c1)CC1CCCO1. The van der Waals surface area contributed by atoms with Crippen molar-refractivity contribution in [1.82, 2.24) is 4.90 Å². The van der Waals surface area contributed by atoms with Gasteiger partial charge in [-0.25, -0.2) is 8.78 Å². The Bertz CT molecular complexity index is 453. The molecule has 1 aliphatic rings. The zero-order valence-electron chi connectivity index (χ0n) is 11.6. The van der Waals surface area contributed by atoms with E-state index in [-0.39, 0.29) is 23.9 Å². The van der Waals surface area contributed by atoms with Gasteiger partial charge in [0, 0.05) is 37.7 Å². The van der Waals surface area contributed by atoms with Crippen molar-refractivity contribution in [1.29, 1.82) is 0 Å². The Labute approximate surface area is 117 Å². The van der Waals surface area contributed by atoms with Gasteiger partial charge >= 0.3 is 0 Å². The van der Waals surface area contributed by atoms with Crippen LogP contribution in [0.25, 0.3) is 0 Å². The lowest BCUT2D eigenvalue weighted by Gasteiger charge is -2.19. The van der Waals surface area contributed by atoms with E-state index in [4.69, 9.17) is 4.74 Å². The van der Waals surface area contributed by atoms with Gasteiger partial charge in [-0.05, 0) is 32.0 Å². The van der Waals surface area contributed by atoms with E-state index in [1.54, 1.807) is 0 Å². The van der Waals surface area contributed by atoms with Crippen LogP contribution in [0.5, 0.6) is 0 Å². The van der Waals surface area contributed by atoms with Crippen LogP contribution in [0.4, 0.5) is 8.78 Å². The number of ether oxygens (including phenoxy) is 1. The van der Waals surface area contributed by atoms with Crippen molar-refractivity contribution in [3.8, 4) is 0 Å². The summed E-state index contributed by atoms with van der Waals surface area (Å²) >= 11 is 0. The fourth-order valence-electron chi connectivity index (χ4n) is 2.38. The summed E-state index contributed by atoms with van der Waals surface area (Å²) in [5.74, 6) is -1.69. The molecule has 0 N–H and O–H groups in total. The molecular formula is C15H19F2NO2. The third-order valence-corrected chi connectivity index (χ3v) is 3.44. The van der Waals surface area contributed by atoms with Crippen molar-refractivity contribution >= 4 is 5.78 Å². The Kier molecular flexibility index (Phi) is 5.20. The van der Waals surface area contributed by atoms with Crippen molar-refractivity contribution < 1.29 is 18.3 Å². The summed E-state index contributed by atoms with van der Waals surface area (Å²) in [5, 5.41) is 0. The highest BCUT2D eigenvalue weighted by Crippen LogP contribution is 2.14. The molecule has 0 bridgehead atoms. The molecule has 0 amide bonds. The van der Waals surface area contributed by atoms with E-state index in [2.05, 4.69) is 0 Å². The predicted octanol–water partition coefficient (Wildman–Crippen LogP) is 2.65. The van der Waals surface area contributed by atoms with Crippen molar-refractivity contribution in [2.24, 2.45) is 0 Å². The van der Waals surface area contributed by atoms with E-state index in [0.717, 1.165) is 44.2 Å². The van der Waals surface area contributed by atoms with Crippen LogP contribution >= 0.6 is 0 Å². The Morgan fingerprint density at radius 1 is 1.35 bits per heavy atom. The largest absolute Gasteiger partial charge is 0.377 e. The van der Waals surface area contributed by atoms with Crippen molar-refractivity contribution in [3.63, 3.8) is 0 Å². The van der Waals surface area contributed by atoms with Gasteiger partial charge in [0.2, 0.25) is 0 Å². The lowest BCUT2D eigenvalue weighted by Crippen LogP contribution is -2.30. The normalized spacial score (nSPS) is 18.7. The van der Waals surface area contributed by atoms with Gasteiger partial charge in [-0.3, -0.25) is 4.79 Å². The van der Waals surface area contributed by atoms with Gasteiger partial charge in [-0.2, -0.15) is 0 Å². The van der Waals surface area contributed by atoms with Gasteiger partial charge in [0.15, 0.2) is 5.78 Å². The molecule has 2 rings (SSSR count). The van der Waals surface area contributed by atoms with Gasteiger partial charge in [-0.1, -0.05) is 0 Å². The Balaban J connectivity index is 1.81. The molecule has 0 radical (unpaired) electrons. The summed E-state index contributed by atoms with van der Waals surface area (Å²) in [6.07, 6.45) is 2.61. The summed E-state index contributed by atoms with van der Waals surface area (Å²) in [7, 11) is 1.92. The van der Waals surface area contributed by atoms with Gasteiger partial charge in [0.25, 0.3) is 0 Å². The second-order valence-electron chi connectivity index (χ2n) is 5.23. The second kappa shape index (κ2) is 6.90. The molecule has 1 unspecified atom stereocenters. The number of Topliss-reactive ketones (excluding diaryl/α,β-unsaturated/α-hetero) is 1. The molecule has 1 aromatic rings. The number of nitrogens with zero attached hydrogens (tertiary/aromatic N) is 1. The first-order valence-electron chi connectivity index (χ1n) is 6.84. The summed E-state index contributed by atoms with van der Waals surface area (Å²) in [6.45, 7) is 2.14. The molecular weight excluding hydrogens is 264 g/mol. The van der Waals surface area contributed by atoms with Crippen LogP contribution in [0.2, 0.25) is 0 Å². The maximum atomic E-state index is 13.0. The molecule has 5 heteroatoms. The zero-order valence-corrected chi connectivity index (χ0v) is 11.6.